The van der Waals surface area contributed by atoms with Gasteiger partial charge in [-0.1, -0.05) is 48.7 Å². The maximum atomic E-state index is 13.8. The number of amides is 1. The standard InChI is InChI=1S/C24H24ClNO3/c25-18-9-7-17(8-10-18)24(11-3-4-12-24)22(28)26-14-13-23(16-26)15-20(27)19-5-1-2-6-21(19)29-23/h1-2,5-10H,3-4,11-16H2/t23-/m1/s1. The summed E-state index contributed by atoms with van der Waals surface area (Å²) in [6, 6.07) is 15.1. The van der Waals surface area contributed by atoms with Gasteiger partial charge >= 0.3 is 0 Å². The van der Waals surface area contributed by atoms with Crippen molar-refractivity contribution in [1.29, 1.82) is 0 Å². The average molecular weight is 410 g/mol. The zero-order valence-corrected chi connectivity index (χ0v) is 17.1. The van der Waals surface area contributed by atoms with E-state index in [1.54, 1.807) is 0 Å². The summed E-state index contributed by atoms with van der Waals surface area (Å²) < 4.78 is 6.32. The quantitative estimate of drug-likeness (QED) is 0.716. The molecule has 0 N–H and O–H groups in total. The number of likely N-dealkylation sites (tertiary alicyclic amines) is 1. The zero-order chi connectivity index (χ0) is 20.1. The number of para-hydroxylation sites is 1. The monoisotopic (exact) mass is 409 g/mol. The third-order valence-corrected chi connectivity index (χ3v) is 7.12. The van der Waals surface area contributed by atoms with Crippen molar-refractivity contribution in [1.82, 2.24) is 4.90 Å². The van der Waals surface area contributed by atoms with Crippen molar-refractivity contribution < 1.29 is 14.3 Å². The Labute approximate surface area is 175 Å². The number of hydrogen-bond acceptors (Lipinski definition) is 3. The molecular formula is C24H24ClNO3. The van der Waals surface area contributed by atoms with Gasteiger partial charge in [-0.2, -0.15) is 0 Å². The van der Waals surface area contributed by atoms with Gasteiger partial charge < -0.3 is 9.64 Å². The number of ether oxygens (including phenoxy) is 1. The molecule has 0 radical (unpaired) electrons. The summed E-state index contributed by atoms with van der Waals surface area (Å²) in [4.78, 5) is 28.4. The molecule has 29 heavy (non-hydrogen) atoms. The van der Waals surface area contributed by atoms with E-state index in [1.807, 2.05) is 53.4 Å². The summed E-state index contributed by atoms with van der Waals surface area (Å²) in [6.45, 7) is 1.10. The van der Waals surface area contributed by atoms with E-state index in [-0.39, 0.29) is 11.7 Å². The smallest absolute Gasteiger partial charge is 0.233 e. The van der Waals surface area contributed by atoms with Gasteiger partial charge in [0, 0.05) is 18.0 Å². The third kappa shape index (κ3) is 3.05. The second-order valence-electron chi connectivity index (χ2n) is 8.65. The van der Waals surface area contributed by atoms with Gasteiger partial charge in [0.15, 0.2) is 5.78 Å². The number of fused-ring (bicyclic) bond motifs is 1. The van der Waals surface area contributed by atoms with Crippen molar-refractivity contribution in [2.45, 2.75) is 49.5 Å². The number of Topliss-reactive ketones (excluding diaryl/α,β-unsaturated/α-hetero) is 1. The molecule has 150 valence electrons. The molecular weight excluding hydrogens is 386 g/mol. The minimum absolute atomic E-state index is 0.106. The molecule has 0 bridgehead atoms. The van der Waals surface area contributed by atoms with Crippen LogP contribution in [0.25, 0.3) is 0 Å². The maximum Gasteiger partial charge on any atom is 0.233 e. The van der Waals surface area contributed by atoms with Gasteiger partial charge in [-0.15, -0.1) is 0 Å². The van der Waals surface area contributed by atoms with Crippen LogP contribution in [-0.4, -0.2) is 35.3 Å². The molecule has 3 aliphatic rings. The summed E-state index contributed by atoms with van der Waals surface area (Å²) in [5.41, 5.74) is 0.626. The lowest BCUT2D eigenvalue weighted by molar-refractivity contribution is -0.137. The van der Waals surface area contributed by atoms with E-state index in [0.717, 1.165) is 31.2 Å². The van der Waals surface area contributed by atoms with Gasteiger partial charge in [-0.25, -0.2) is 0 Å². The highest BCUT2D eigenvalue weighted by Crippen LogP contribution is 2.45. The lowest BCUT2D eigenvalue weighted by atomic mass is 9.77. The fourth-order valence-electron chi connectivity index (χ4n) is 5.36. The van der Waals surface area contributed by atoms with Crippen molar-refractivity contribution in [3.05, 3.63) is 64.7 Å². The van der Waals surface area contributed by atoms with Crippen LogP contribution in [0.2, 0.25) is 5.02 Å². The van der Waals surface area contributed by atoms with Crippen LogP contribution in [0.3, 0.4) is 0 Å². The molecule has 2 aromatic rings. The minimum Gasteiger partial charge on any atom is -0.484 e. The van der Waals surface area contributed by atoms with Gasteiger partial charge in [0.25, 0.3) is 0 Å². The Hall–Kier alpha value is -2.33. The molecule has 5 heteroatoms. The van der Waals surface area contributed by atoms with Gasteiger partial charge in [0.05, 0.1) is 23.9 Å². The van der Waals surface area contributed by atoms with E-state index < -0.39 is 11.0 Å². The van der Waals surface area contributed by atoms with E-state index in [1.165, 1.54) is 0 Å². The summed E-state index contributed by atoms with van der Waals surface area (Å²) in [6.07, 6.45) is 4.85. The van der Waals surface area contributed by atoms with Crippen molar-refractivity contribution in [2.24, 2.45) is 0 Å². The molecule has 1 saturated carbocycles. The SMILES string of the molecule is O=C1C[C@@]2(CCN(C(=O)C3(c4ccc(Cl)cc4)CCCC3)C2)Oc2ccccc21. The van der Waals surface area contributed by atoms with Crippen molar-refractivity contribution >= 4 is 23.3 Å². The summed E-state index contributed by atoms with van der Waals surface area (Å²) >= 11 is 6.08. The molecule has 2 fully saturated rings. The highest BCUT2D eigenvalue weighted by Gasteiger charge is 2.51. The first-order valence-corrected chi connectivity index (χ1v) is 10.8. The minimum atomic E-state index is -0.596. The van der Waals surface area contributed by atoms with Crippen LogP contribution in [0.5, 0.6) is 5.75 Å². The van der Waals surface area contributed by atoms with Gasteiger partial charge in [-0.3, -0.25) is 9.59 Å². The van der Waals surface area contributed by atoms with Crippen LogP contribution >= 0.6 is 11.6 Å². The zero-order valence-electron chi connectivity index (χ0n) is 16.3. The summed E-state index contributed by atoms with van der Waals surface area (Å²) in [7, 11) is 0. The molecule has 2 aromatic carbocycles. The van der Waals surface area contributed by atoms with Gasteiger partial charge in [0.1, 0.15) is 11.4 Å². The number of benzene rings is 2. The maximum absolute atomic E-state index is 13.8. The van der Waals surface area contributed by atoms with E-state index in [4.69, 9.17) is 16.3 Å². The van der Waals surface area contributed by atoms with E-state index >= 15 is 0 Å². The molecule has 2 aliphatic heterocycles. The summed E-state index contributed by atoms with van der Waals surface area (Å²) in [5.74, 6) is 0.921. The van der Waals surface area contributed by atoms with Crippen LogP contribution in [0.15, 0.2) is 48.5 Å². The predicted octanol–water partition coefficient (Wildman–Crippen LogP) is 4.79. The number of carbonyl (C=O) groups excluding carboxylic acids is 2. The van der Waals surface area contributed by atoms with Gasteiger partial charge in [-0.05, 0) is 42.7 Å². The van der Waals surface area contributed by atoms with Crippen LogP contribution in [0.1, 0.15) is 54.4 Å². The largest absolute Gasteiger partial charge is 0.484 e. The Kier molecular flexibility index (Phi) is 4.43. The molecule has 1 atom stereocenters. The summed E-state index contributed by atoms with van der Waals surface area (Å²) in [5, 5.41) is 0.683. The fourth-order valence-corrected chi connectivity index (χ4v) is 5.49. The number of rotatable bonds is 2. The molecule has 1 aliphatic carbocycles. The fraction of sp³-hybridized carbons (Fsp3) is 0.417. The molecule has 1 saturated heterocycles. The number of halogens is 1. The molecule has 0 unspecified atom stereocenters. The van der Waals surface area contributed by atoms with Crippen LogP contribution in [0, 0.1) is 0 Å². The van der Waals surface area contributed by atoms with Crippen LogP contribution in [-0.2, 0) is 10.2 Å². The first kappa shape index (κ1) is 18.7. The molecule has 0 aromatic heterocycles. The highest BCUT2D eigenvalue weighted by molar-refractivity contribution is 6.30. The van der Waals surface area contributed by atoms with Gasteiger partial charge in [0.2, 0.25) is 5.91 Å². The van der Waals surface area contributed by atoms with Crippen LogP contribution < -0.4 is 4.74 Å². The second-order valence-corrected chi connectivity index (χ2v) is 9.09. The molecule has 1 amide bonds. The van der Waals surface area contributed by atoms with E-state index in [0.29, 0.717) is 42.3 Å². The Morgan fingerprint density at radius 2 is 1.72 bits per heavy atom. The lowest BCUT2D eigenvalue weighted by Crippen LogP contribution is -2.49. The highest BCUT2D eigenvalue weighted by atomic mass is 35.5. The molecule has 2 heterocycles. The number of carbonyl (C=O) groups is 2. The van der Waals surface area contributed by atoms with Crippen molar-refractivity contribution in [2.75, 3.05) is 13.1 Å². The Balaban J connectivity index is 1.41. The predicted molar refractivity (Wildman–Crippen MR) is 112 cm³/mol. The third-order valence-electron chi connectivity index (χ3n) is 6.86. The first-order valence-electron chi connectivity index (χ1n) is 10.4. The lowest BCUT2D eigenvalue weighted by Gasteiger charge is -2.36. The average Bonchev–Trinajstić information content (AvgIpc) is 3.37. The normalized spacial score (nSPS) is 25.1. The Morgan fingerprint density at radius 3 is 2.48 bits per heavy atom. The Bertz CT molecular complexity index is 964. The topological polar surface area (TPSA) is 46.6 Å². The van der Waals surface area contributed by atoms with E-state index in [9.17, 15) is 9.59 Å². The first-order chi connectivity index (χ1) is 14.0. The van der Waals surface area contributed by atoms with Crippen LogP contribution in [0.4, 0.5) is 0 Å². The second kappa shape index (κ2) is 6.88. The molecule has 5 rings (SSSR count). The van der Waals surface area contributed by atoms with E-state index in [2.05, 4.69) is 0 Å². The molecule has 4 nitrogen and oxygen atoms in total. The Morgan fingerprint density at radius 1 is 1.00 bits per heavy atom. The number of nitrogens with zero attached hydrogens (tertiary/aromatic N) is 1. The van der Waals surface area contributed by atoms with Crippen molar-refractivity contribution in [3.8, 4) is 5.75 Å². The number of hydrogen-bond donors (Lipinski definition) is 0. The van der Waals surface area contributed by atoms with Crippen molar-refractivity contribution in [3.63, 3.8) is 0 Å². The molecule has 1 spiro atoms. The number of ketones is 1.